The van der Waals surface area contributed by atoms with Crippen LogP contribution in [0.15, 0.2) is 28.2 Å². The van der Waals surface area contributed by atoms with E-state index in [0.717, 1.165) is 0 Å². The summed E-state index contributed by atoms with van der Waals surface area (Å²) in [5, 5.41) is 1.22. The summed E-state index contributed by atoms with van der Waals surface area (Å²) in [6.45, 7) is 7.15. The van der Waals surface area contributed by atoms with Gasteiger partial charge in [-0.1, -0.05) is 9.98 Å². The molecule has 0 spiro atoms. The van der Waals surface area contributed by atoms with Crippen molar-refractivity contribution in [2.24, 2.45) is 9.98 Å². The van der Waals surface area contributed by atoms with Crippen molar-refractivity contribution in [3.05, 3.63) is 40.6 Å². The first kappa shape index (κ1) is 16.0. The van der Waals surface area contributed by atoms with E-state index in [0.29, 0.717) is 22.4 Å². The fraction of sp³-hybridized carbons (Fsp3) is 0.438. The lowest BCUT2D eigenvalue weighted by atomic mass is 10.1. The maximum Gasteiger partial charge on any atom is 0.411 e. The zero-order chi connectivity index (χ0) is 16.5. The van der Waals surface area contributed by atoms with Crippen LogP contribution in [-0.4, -0.2) is 36.0 Å². The van der Waals surface area contributed by atoms with Crippen LogP contribution in [0.4, 0.5) is 4.79 Å². The van der Waals surface area contributed by atoms with Crippen molar-refractivity contribution in [3.63, 3.8) is 0 Å². The largest absolute Gasteiger partial charge is 0.444 e. The number of fused-ring (bicyclic) bond motifs is 1. The number of ketones is 1. The Morgan fingerprint density at radius 3 is 2.55 bits per heavy atom. The number of Topliss-reactive ketones (excluding diaryl/α,β-unsaturated/α-hetero) is 1. The van der Waals surface area contributed by atoms with Crippen molar-refractivity contribution in [2.75, 3.05) is 13.6 Å². The van der Waals surface area contributed by atoms with E-state index in [1.54, 1.807) is 25.2 Å². The summed E-state index contributed by atoms with van der Waals surface area (Å²) in [6, 6.07) is 5.29. The first-order valence-corrected chi connectivity index (χ1v) is 7.05. The Hall–Kier alpha value is -2.37. The van der Waals surface area contributed by atoms with Gasteiger partial charge in [0.2, 0.25) is 5.36 Å². The topological polar surface area (TPSA) is 71.3 Å². The standard InChI is InChI=1S/C16H20N3O3/c1-10(20)11-7-6-8-12-14(11)18-13(17-12)9-19(5)15(21)22-16(2,3)4/h6-8H,9H2,1-5H3/q+1. The molecule has 0 atom stereocenters. The lowest BCUT2D eigenvalue weighted by molar-refractivity contribution is 0.0304. The van der Waals surface area contributed by atoms with E-state index in [1.807, 2.05) is 20.8 Å². The highest BCUT2D eigenvalue weighted by Crippen LogP contribution is 2.12. The molecular formula is C16H20N3O3+. The van der Waals surface area contributed by atoms with E-state index in [4.69, 9.17) is 4.74 Å². The van der Waals surface area contributed by atoms with Gasteiger partial charge in [0.05, 0.1) is 0 Å². The van der Waals surface area contributed by atoms with Crippen molar-refractivity contribution < 1.29 is 14.3 Å². The first-order chi connectivity index (χ1) is 10.2. The number of para-hydroxylation sites is 1. The number of ether oxygens (including phenoxy) is 1. The Morgan fingerprint density at radius 1 is 1.27 bits per heavy atom. The van der Waals surface area contributed by atoms with Crippen LogP contribution in [0.3, 0.4) is 0 Å². The number of benzene rings is 1. The summed E-state index contributed by atoms with van der Waals surface area (Å²) in [6.07, 6.45) is 0.0465. The molecule has 1 aromatic carbocycles. The molecular weight excluding hydrogens is 282 g/mol. The van der Waals surface area contributed by atoms with Crippen molar-refractivity contribution >= 4 is 11.9 Å². The van der Waals surface area contributed by atoms with E-state index in [2.05, 4.69) is 9.98 Å². The highest BCUT2D eigenvalue weighted by Gasteiger charge is 2.29. The highest BCUT2D eigenvalue weighted by atomic mass is 16.6. The van der Waals surface area contributed by atoms with E-state index >= 15 is 0 Å². The molecule has 0 unspecified atom stereocenters. The molecule has 2 rings (SSSR count). The van der Waals surface area contributed by atoms with Crippen LogP contribution in [0.1, 0.15) is 38.1 Å². The predicted octanol–water partition coefficient (Wildman–Crippen LogP) is 1.50. The molecule has 0 saturated carbocycles. The summed E-state index contributed by atoms with van der Waals surface area (Å²) in [7, 11) is 1.63. The molecule has 0 bridgehead atoms. The third-order valence-corrected chi connectivity index (χ3v) is 2.97. The predicted molar refractivity (Wildman–Crippen MR) is 80.9 cm³/mol. The van der Waals surface area contributed by atoms with Crippen molar-refractivity contribution in [1.82, 2.24) is 4.90 Å². The average Bonchev–Trinajstić information content (AvgIpc) is 2.78. The van der Waals surface area contributed by atoms with E-state index in [9.17, 15) is 9.59 Å². The lowest BCUT2D eigenvalue weighted by Crippen LogP contribution is -2.36. The van der Waals surface area contributed by atoms with Crippen molar-refractivity contribution in [2.45, 2.75) is 33.3 Å². The summed E-state index contributed by atoms with van der Waals surface area (Å²) in [5.41, 5.74) is -0.0127. The molecule has 22 heavy (non-hydrogen) atoms. The fourth-order valence-electron chi connectivity index (χ4n) is 2.00. The van der Waals surface area contributed by atoms with E-state index in [1.165, 1.54) is 11.8 Å². The van der Waals surface area contributed by atoms with Gasteiger partial charge in [-0.05, 0) is 32.9 Å². The number of rotatable bonds is 3. The number of amides is 1. The molecule has 1 heterocycles. The Balaban J connectivity index is 2.15. The number of likely N-dealkylation sites (N-methyl/N-ethyl adjacent to an activating group) is 1. The minimum Gasteiger partial charge on any atom is -0.444 e. The van der Waals surface area contributed by atoms with Crippen LogP contribution in [0, 0.1) is 6.17 Å². The summed E-state index contributed by atoms with van der Waals surface area (Å²) in [5.74, 6) is -0.0578. The molecule has 0 aromatic heterocycles. The molecule has 0 radical (unpaired) electrons. The van der Waals surface area contributed by atoms with Gasteiger partial charge in [0.1, 0.15) is 17.7 Å². The number of carbonyl (C=O) groups is 2. The van der Waals surface area contributed by atoms with Crippen molar-refractivity contribution in [3.8, 4) is 0 Å². The second-order valence-electron chi connectivity index (χ2n) is 6.21. The third-order valence-electron chi connectivity index (χ3n) is 2.97. The van der Waals surface area contributed by atoms with E-state index < -0.39 is 11.7 Å². The van der Waals surface area contributed by atoms with Crippen LogP contribution in [-0.2, 0) is 4.74 Å². The quantitative estimate of drug-likeness (QED) is 0.627. The molecule has 1 amide bonds. The second-order valence-corrected chi connectivity index (χ2v) is 6.21. The van der Waals surface area contributed by atoms with Gasteiger partial charge in [0.15, 0.2) is 5.78 Å². The minimum absolute atomic E-state index is 0.0578. The maximum atomic E-state index is 11.9. The van der Waals surface area contributed by atoms with Gasteiger partial charge >= 0.3 is 6.09 Å². The van der Waals surface area contributed by atoms with Gasteiger partial charge in [-0.3, -0.25) is 9.69 Å². The molecule has 0 fully saturated rings. The summed E-state index contributed by atoms with van der Waals surface area (Å²) in [4.78, 5) is 33.7. The molecule has 0 saturated heterocycles. The van der Waals surface area contributed by atoms with Crippen LogP contribution in [0.25, 0.3) is 0 Å². The number of hydrogen-bond acceptors (Lipinski definition) is 5. The molecule has 1 aliphatic rings. The molecule has 6 nitrogen and oxygen atoms in total. The van der Waals surface area contributed by atoms with Gasteiger partial charge in [-0.25, -0.2) is 4.79 Å². The smallest absolute Gasteiger partial charge is 0.411 e. The Kier molecular flexibility index (Phi) is 4.21. The monoisotopic (exact) mass is 302 g/mol. The third kappa shape index (κ3) is 3.63. The SMILES string of the molecule is CC(=O)c1cccc2c1=N[C+](CN(C)C(=O)OC(C)(C)C)N=2. The van der Waals surface area contributed by atoms with Gasteiger partial charge in [-0.2, -0.15) is 0 Å². The van der Waals surface area contributed by atoms with Crippen LogP contribution in [0.5, 0.6) is 0 Å². The zero-order valence-electron chi connectivity index (χ0n) is 13.5. The van der Waals surface area contributed by atoms with E-state index in [-0.39, 0.29) is 12.3 Å². The number of hydrogen-bond donors (Lipinski definition) is 0. The molecule has 1 aliphatic heterocycles. The molecule has 0 N–H and O–H groups in total. The zero-order valence-corrected chi connectivity index (χ0v) is 13.5. The Morgan fingerprint density at radius 2 is 1.95 bits per heavy atom. The Bertz CT molecular complexity index is 719. The van der Waals surface area contributed by atoms with Crippen LogP contribution in [0.2, 0.25) is 0 Å². The van der Waals surface area contributed by atoms with Gasteiger partial charge in [0, 0.05) is 20.0 Å². The number of carbonyl (C=O) groups excluding carboxylic acids is 2. The lowest BCUT2D eigenvalue weighted by Gasteiger charge is -2.23. The van der Waals surface area contributed by atoms with Gasteiger partial charge in [-0.15, -0.1) is 0 Å². The minimum atomic E-state index is -0.551. The maximum absolute atomic E-state index is 11.9. The van der Waals surface area contributed by atoms with Crippen LogP contribution < -0.4 is 10.7 Å². The van der Waals surface area contributed by atoms with Gasteiger partial charge in [0.25, 0.3) is 11.5 Å². The normalized spacial score (nSPS) is 13.0. The first-order valence-electron chi connectivity index (χ1n) is 7.05. The van der Waals surface area contributed by atoms with Crippen LogP contribution >= 0.6 is 0 Å². The molecule has 6 heteroatoms. The average molecular weight is 302 g/mol. The Labute approximate surface area is 129 Å². The molecule has 116 valence electrons. The van der Waals surface area contributed by atoms with Gasteiger partial charge < -0.3 is 4.74 Å². The number of nitrogens with zero attached hydrogens (tertiary/aromatic N) is 3. The van der Waals surface area contributed by atoms with Crippen molar-refractivity contribution in [1.29, 1.82) is 0 Å². The molecule has 1 aromatic rings. The molecule has 0 aliphatic carbocycles. The summed E-state index contributed by atoms with van der Waals surface area (Å²) < 4.78 is 5.29. The second kappa shape index (κ2) is 5.79. The fourth-order valence-corrected chi connectivity index (χ4v) is 2.00. The summed E-state index contributed by atoms with van der Waals surface area (Å²) >= 11 is 0. The highest BCUT2D eigenvalue weighted by molar-refractivity contribution is 5.93.